The van der Waals surface area contributed by atoms with Crippen LogP contribution in [0.4, 0.5) is 0 Å². The quantitative estimate of drug-likeness (QED) is 0.877. The van der Waals surface area contributed by atoms with Crippen molar-refractivity contribution in [3.05, 3.63) is 17.5 Å². The summed E-state index contributed by atoms with van der Waals surface area (Å²) in [7, 11) is 0. The van der Waals surface area contributed by atoms with Gasteiger partial charge in [0.1, 0.15) is 5.76 Å². The van der Waals surface area contributed by atoms with Crippen LogP contribution in [0.5, 0.6) is 0 Å². The highest BCUT2D eigenvalue weighted by Crippen LogP contribution is 2.15. The molecule has 1 aliphatic heterocycles. The predicted octanol–water partition coefficient (Wildman–Crippen LogP) is 1.52. The minimum atomic E-state index is 0.0118. The van der Waals surface area contributed by atoms with Gasteiger partial charge in [0.2, 0.25) is 5.91 Å². The number of nitrogens with one attached hydrogen (secondary N) is 1. The maximum absolute atomic E-state index is 11.8. The number of piperidine rings is 1. The van der Waals surface area contributed by atoms with E-state index in [4.69, 9.17) is 4.52 Å². The lowest BCUT2D eigenvalue weighted by Gasteiger charge is -2.34. The smallest absolute Gasteiger partial charge is 0.227 e. The van der Waals surface area contributed by atoms with Gasteiger partial charge in [-0.3, -0.25) is 9.69 Å². The summed E-state index contributed by atoms with van der Waals surface area (Å²) in [5, 5.41) is 6.79. The summed E-state index contributed by atoms with van der Waals surface area (Å²) in [6.45, 7) is 6.98. The molecule has 1 atom stereocenters. The molecule has 0 aliphatic carbocycles. The molecule has 0 spiro atoms. The van der Waals surface area contributed by atoms with Crippen LogP contribution < -0.4 is 5.32 Å². The predicted molar refractivity (Wildman–Crippen MR) is 72.8 cm³/mol. The standard InChI is InChI=1S/C14H23N3O2/c1-3-17-7-5-4-6-12(17)10-15-14(18)9-13-8-11(2)16-19-13/h8,12H,3-7,9-10H2,1-2H3,(H,15,18)/t12-/m0/s1. The van der Waals surface area contributed by atoms with Crippen molar-refractivity contribution in [2.24, 2.45) is 0 Å². The Kier molecular flexibility index (Phi) is 4.96. The molecule has 1 saturated heterocycles. The van der Waals surface area contributed by atoms with Crippen LogP contribution in [0.25, 0.3) is 0 Å². The molecule has 0 bridgehead atoms. The SMILES string of the molecule is CCN1CCCC[C@H]1CNC(=O)Cc1cc(C)no1. The van der Waals surface area contributed by atoms with Gasteiger partial charge in [-0.1, -0.05) is 18.5 Å². The Morgan fingerprint density at radius 3 is 3.11 bits per heavy atom. The van der Waals surface area contributed by atoms with Crippen molar-refractivity contribution in [2.75, 3.05) is 19.6 Å². The monoisotopic (exact) mass is 265 g/mol. The largest absolute Gasteiger partial charge is 0.361 e. The number of hydrogen-bond acceptors (Lipinski definition) is 4. The number of likely N-dealkylation sites (N-methyl/N-ethyl adjacent to an activating group) is 1. The third-order valence-corrected chi connectivity index (χ3v) is 3.70. The molecule has 2 heterocycles. The van der Waals surface area contributed by atoms with Crippen molar-refractivity contribution in [1.29, 1.82) is 0 Å². The molecular weight excluding hydrogens is 242 g/mol. The van der Waals surface area contributed by atoms with E-state index in [-0.39, 0.29) is 12.3 Å². The Balaban J connectivity index is 1.76. The van der Waals surface area contributed by atoms with Gasteiger partial charge in [0.05, 0.1) is 12.1 Å². The van der Waals surface area contributed by atoms with Gasteiger partial charge >= 0.3 is 0 Å². The van der Waals surface area contributed by atoms with Crippen molar-refractivity contribution in [3.8, 4) is 0 Å². The summed E-state index contributed by atoms with van der Waals surface area (Å²) in [5.41, 5.74) is 0.812. The van der Waals surface area contributed by atoms with Crippen molar-refractivity contribution >= 4 is 5.91 Å². The molecule has 1 amide bonds. The van der Waals surface area contributed by atoms with Crippen LogP contribution in [-0.4, -0.2) is 41.6 Å². The van der Waals surface area contributed by atoms with Crippen molar-refractivity contribution < 1.29 is 9.32 Å². The first-order valence-electron chi connectivity index (χ1n) is 7.12. The highest BCUT2D eigenvalue weighted by molar-refractivity contribution is 5.77. The van der Waals surface area contributed by atoms with E-state index in [0.717, 1.165) is 25.3 Å². The van der Waals surface area contributed by atoms with E-state index in [9.17, 15) is 4.79 Å². The zero-order valence-electron chi connectivity index (χ0n) is 11.8. The first-order chi connectivity index (χ1) is 9.19. The molecule has 0 saturated carbocycles. The second-order valence-electron chi connectivity index (χ2n) is 5.19. The van der Waals surface area contributed by atoms with Gasteiger partial charge in [0.15, 0.2) is 0 Å². The van der Waals surface area contributed by atoms with Crippen LogP contribution in [0.2, 0.25) is 0 Å². The van der Waals surface area contributed by atoms with Gasteiger partial charge in [-0.25, -0.2) is 0 Å². The normalized spacial score (nSPS) is 20.4. The molecule has 106 valence electrons. The van der Waals surface area contributed by atoms with Crippen LogP contribution in [0.3, 0.4) is 0 Å². The molecule has 1 N–H and O–H groups in total. The van der Waals surface area contributed by atoms with E-state index < -0.39 is 0 Å². The van der Waals surface area contributed by atoms with E-state index in [0.29, 0.717) is 11.8 Å². The summed E-state index contributed by atoms with van der Waals surface area (Å²) >= 11 is 0. The molecule has 0 radical (unpaired) electrons. The van der Waals surface area contributed by atoms with E-state index >= 15 is 0 Å². The maximum Gasteiger partial charge on any atom is 0.227 e. The molecule has 5 heteroatoms. The highest BCUT2D eigenvalue weighted by Gasteiger charge is 2.21. The Hall–Kier alpha value is -1.36. The topological polar surface area (TPSA) is 58.4 Å². The van der Waals surface area contributed by atoms with Gasteiger partial charge in [-0.15, -0.1) is 0 Å². The third-order valence-electron chi connectivity index (χ3n) is 3.70. The Labute approximate surface area is 114 Å². The van der Waals surface area contributed by atoms with Gasteiger partial charge < -0.3 is 9.84 Å². The lowest BCUT2D eigenvalue weighted by atomic mass is 10.0. The van der Waals surface area contributed by atoms with E-state index in [1.165, 1.54) is 19.3 Å². The zero-order chi connectivity index (χ0) is 13.7. The van der Waals surface area contributed by atoms with Crippen molar-refractivity contribution in [1.82, 2.24) is 15.4 Å². The average Bonchev–Trinajstić information content (AvgIpc) is 2.82. The Bertz CT molecular complexity index is 417. The highest BCUT2D eigenvalue weighted by atomic mass is 16.5. The van der Waals surface area contributed by atoms with Gasteiger partial charge in [-0.2, -0.15) is 0 Å². The first kappa shape index (κ1) is 14.1. The third kappa shape index (κ3) is 4.06. The molecule has 2 rings (SSSR count). The second-order valence-corrected chi connectivity index (χ2v) is 5.19. The fraction of sp³-hybridized carbons (Fsp3) is 0.714. The number of likely N-dealkylation sites (tertiary alicyclic amines) is 1. The number of amides is 1. The Morgan fingerprint density at radius 2 is 2.42 bits per heavy atom. The Morgan fingerprint density at radius 1 is 1.58 bits per heavy atom. The van der Waals surface area contributed by atoms with Crippen LogP contribution in [-0.2, 0) is 11.2 Å². The van der Waals surface area contributed by atoms with E-state index in [1.54, 1.807) is 6.07 Å². The zero-order valence-corrected chi connectivity index (χ0v) is 11.8. The van der Waals surface area contributed by atoms with Crippen molar-refractivity contribution in [2.45, 2.75) is 45.6 Å². The minimum Gasteiger partial charge on any atom is -0.361 e. The molecular formula is C14H23N3O2. The average molecular weight is 265 g/mol. The lowest BCUT2D eigenvalue weighted by Crippen LogP contribution is -2.46. The number of nitrogens with zero attached hydrogens (tertiary/aromatic N) is 2. The second kappa shape index (κ2) is 6.70. The molecule has 19 heavy (non-hydrogen) atoms. The van der Waals surface area contributed by atoms with Crippen LogP contribution in [0.1, 0.15) is 37.6 Å². The molecule has 1 aliphatic rings. The van der Waals surface area contributed by atoms with E-state index in [1.807, 2.05) is 6.92 Å². The molecule has 5 nitrogen and oxygen atoms in total. The van der Waals surface area contributed by atoms with Gasteiger partial charge in [0.25, 0.3) is 0 Å². The number of carbonyl (C=O) groups is 1. The fourth-order valence-electron chi connectivity index (χ4n) is 2.66. The lowest BCUT2D eigenvalue weighted by molar-refractivity contribution is -0.121. The molecule has 1 aromatic rings. The van der Waals surface area contributed by atoms with Gasteiger partial charge in [0, 0.05) is 18.7 Å². The number of aryl methyl sites for hydroxylation is 1. The molecule has 1 aromatic heterocycles. The van der Waals surface area contributed by atoms with Crippen molar-refractivity contribution in [3.63, 3.8) is 0 Å². The minimum absolute atomic E-state index is 0.0118. The summed E-state index contributed by atoms with van der Waals surface area (Å²) < 4.78 is 5.05. The molecule has 1 fully saturated rings. The maximum atomic E-state index is 11.8. The number of hydrogen-bond donors (Lipinski definition) is 1. The van der Waals surface area contributed by atoms with Crippen LogP contribution in [0, 0.1) is 6.92 Å². The number of rotatable bonds is 5. The van der Waals surface area contributed by atoms with Gasteiger partial charge in [-0.05, 0) is 32.9 Å². The summed E-state index contributed by atoms with van der Waals surface area (Å²) in [6.07, 6.45) is 3.99. The van der Waals surface area contributed by atoms with Crippen LogP contribution >= 0.6 is 0 Å². The molecule has 0 unspecified atom stereocenters. The molecule has 0 aromatic carbocycles. The summed E-state index contributed by atoms with van der Waals surface area (Å²) in [6, 6.07) is 2.29. The number of aromatic nitrogens is 1. The van der Waals surface area contributed by atoms with Crippen LogP contribution in [0.15, 0.2) is 10.6 Å². The first-order valence-corrected chi connectivity index (χ1v) is 7.12. The summed E-state index contributed by atoms with van der Waals surface area (Å²) in [5.74, 6) is 0.642. The fourth-order valence-corrected chi connectivity index (χ4v) is 2.66. The van der Waals surface area contributed by atoms with E-state index in [2.05, 4.69) is 22.3 Å². The number of carbonyl (C=O) groups excluding carboxylic acids is 1. The summed E-state index contributed by atoms with van der Waals surface area (Å²) in [4.78, 5) is 14.3.